The van der Waals surface area contributed by atoms with Crippen LogP contribution in [-0.2, 0) is 9.57 Å². The van der Waals surface area contributed by atoms with Crippen LogP contribution in [0.4, 0.5) is 5.69 Å². The molecule has 1 unspecified atom stereocenters. The first kappa shape index (κ1) is 16.6. The van der Waals surface area contributed by atoms with E-state index < -0.39 is 43.3 Å². The van der Waals surface area contributed by atoms with E-state index in [0.29, 0.717) is 0 Å². The summed E-state index contributed by atoms with van der Waals surface area (Å²) in [6, 6.07) is 5.70. The third kappa shape index (κ3) is 3.53. The molecule has 1 aliphatic rings. The Kier molecular flexibility index (Phi) is 5.29. The first-order chi connectivity index (χ1) is 10.4. The van der Waals surface area contributed by atoms with Crippen LogP contribution >= 0.6 is 0 Å². The number of hydrogen-bond acceptors (Lipinski definition) is 8. The van der Waals surface area contributed by atoms with Crippen LogP contribution in [0.1, 0.15) is 10.4 Å². The molecule has 5 atom stereocenters. The van der Waals surface area contributed by atoms with Gasteiger partial charge in [0.15, 0.2) is 0 Å². The first-order valence-corrected chi connectivity index (χ1v) is 6.49. The van der Waals surface area contributed by atoms with Crippen LogP contribution in [0.15, 0.2) is 24.3 Å². The lowest BCUT2D eigenvalue weighted by atomic mass is 9.99. The maximum absolute atomic E-state index is 10.9. The van der Waals surface area contributed by atoms with Crippen molar-refractivity contribution in [2.24, 2.45) is 0 Å². The van der Waals surface area contributed by atoms with Crippen LogP contribution in [0.2, 0.25) is 0 Å². The maximum Gasteiger partial charge on any atom is 0.335 e. The number of nitrogens with one attached hydrogen (secondary N) is 1. The van der Waals surface area contributed by atoms with E-state index in [2.05, 4.69) is 5.48 Å². The van der Waals surface area contributed by atoms with Crippen LogP contribution in [0, 0.1) is 0 Å². The van der Waals surface area contributed by atoms with Gasteiger partial charge >= 0.3 is 5.97 Å². The van der Waals surface area contributed by atoms with Crippen molar-refractivity contribution in [2.45, 2.75) is 30.7 Å². The highest BCUT2D eigenvalue weighted by Gasteiger charge is 2.44. The molecule has 9 nitrogen and oxygen atoms in total. The average Bonchev–Trinajstić information content (AvgIpc) is 2.52. The highest BCUT2D eigenvalue weighted by molar-refractivity contribution is 5.88. The van der Waals surface area contributed by atoms with Crippen molar-refractivity contribution in [3.05, 3.63) is 29.8 Å². The SMILES string of the molecule is O=C(O)c1cccc(NOC2O[C@H](CO)[C@@H](O)[C@H](O)[C@@H]2O)c1. The van der Waals surface area contributed by atoms with E-state index in [1.54, 1.807) is 0 Å². The number of aromatic carboxylic acids is 1. The van der Waals surface area contributed by atoms with Gasteiger partial charge in [-0.2, -0.15) is 0 Å². The lowest BCUT2D eigenvalue weighted by molar-refractivity contribution is -0.294. The maximum atomic E-state index is 10.9. The third-order valence-corrected chi connectivity index (χ3v) is 3.25. The zero-order valence-corrected chi connectivity index (χ0v) is 11.4. The fourth-order valence-corrected chi connectivity index (χ4v) is 2.01. The summed E-state index contributed by atoms with van der Waals surface area (Å²) in [5.74, 6) is -1.11. The van der Waals surface area contributed by atoms with Gasteiger partial charge < -0.3 is 30.3 Å². The predicted molar refractivity (Wildman–Crippen MR) is 71.9 cm³/mol. The highest BCUT2D eigenvalue weighted by Crippen LogP contribution is 2.22. The second-order valence-electron chi connectivity index (χ2n) is 4.80. The number of rotatable bonds is 5. The largest absolute Gasteiger partial charge is 0.478 e. The van der Waals surface area contributed by atoms with E-state index in [9.17, 15) is 20.1 Å². The van der Waals surface area contributed by atoms with Gasteiger partial charge in [0, 0.05) is 0 Å². The Bertz CT molecular complexity index is 523. The predicted octanol–water partition coefficient (Wildman–Crippen LogP) is -1.47. The van der Waals surface area contributed by atoms with Crippen LogP contribution in [-0.4, -0.2) is 68.8 Å². The molecule has 0 aromatic heterocycles. The quantitative estimate of drug-likeness (QED) is 0.358. The number of carbonyl (C=O) groups is 1. The van der Waals surface area contributed by atoms with E-state index >= 15 is 0 Å². The van der Waals surface area contributed by atoms with E-state index in [1.165, 1.54) is 24.3 Å². The molecule has 1 heterocycles. The minimum absolute atomic E-state index is 0.0300. The fourth-order valence-electron chi connectivity index (χ4n) is 2.01. The molecule has 122 valence electrons. The minimum Gasteiger partial charge on any atom is -0.478 e. The van der Waals surface area contributed by atoms with Crippen LogP contribution < -0.4 is 5.48 Å². The highest BCUT2D eigenvalue weighted by atomic mass is 16.8. The summed E-state index contributed by atoms with van der Waals surface area (Å²) < 4.78 is 5.12. The van der Waals surface area contributed by atoms with Gasteiger partial charge in [0.1, 0.15) is 24.4 Å². The Hall–Kier alpha value is -1.75. The van der Waals surface area contributed by atoms with Gasteiger partial charge in [-0.25, -0.2) is 9.63 Å². The van der Waals surface area contributed by atoms with Gasteiger partial charge in [0.25, 0.3) is 0 Å². The van der Waals surface area contributed by atoms with Gasteiger partial charge in [0.2, 0.25) is 6.29 Å². The van der Waals surface area contributed by atoms with Crippen molar-refractivity contribution in [3.63, 3.8) is 0 Å². The minimum atomic E-state index is -1.55. The molecule has 1 aromatic carbocycles. The van der Waals surface area contributed by atoms with Gasteiger partial charge in [-0.15, -0.1) is 0 Å². The molecule has 0 aliphatic carbocycles. The molecule has 0 spiro atoms. The second-order valence-corrected chi connectivity index (χ2v) is 4.80. The Balaban J connectivity index is 2.01. The van der Waals surface area contributed by atoms with Crippen molar-refractivity contribution in [1.82, 2.24) is 0 Å². The monoisotopic (exact) mass is 315 g/mol. The summed E-state index contributed by atoms with van der Waals surface area (Å²) >= 11 is 0. The summed E-state index contributed by atoms with van der Waals surface area (Å²) in [4.78, 5) is 15.9. The molecule has 1 aliphatic heterocycles. The summed E-state index contributed by atoms with van der Waals surface area (Å²) in [6.45, 7) is -0.570. The smallest absolute Gasteiger partial charge is 0.335 e. The fraction of sp³-hybridized carbons (Fsp3) is 0.462. The van der Waals surface area contributed by atoms with E-state index in [4.69, 9.17) is 19.8 Å². The topological polar surface area (TPSA) is 149 Å². The second kappa shape index (κ2) is 7.01. The first-order valence-electron chi connectivity index (χ1n) is 6.49. The molecule has 1 saturated heterocycles. The standard InChI is InChI=1S/C13H17NO8/c15-5-8-9(16)10(17)11(18)13(21-8)22-14-7-3-1-2-6(4-7)12(19)20/h1-4,8-11,13-18H,5H2,(H,19,20)/t8-,9-,10+,11+,13?/m1/s1. The molecule has 6 N–H and O–H groups in total. The molecule has 0 saturated carbocycles. The van der Waals surface area contributed by atoms with Crippen LogP contribution in [0.25, 0.3) is 0 Å². The summed E-state index contributed by atoms with van der Waals surface area (Å²) in [5.41, 5.74) is 2.72. The molecule has 0 bridgehead atoms. The molecule has 0 amide bonds. The van der Waals surface area contributed by atoms with Crippen LogP contribution in [0.3, 0.4) is 0 Å². The lowest BCUT2D eigenvalue weighted by Gasteiger charge is -2.39. The Labute approximate surface area is 125 Å². The zero-order chi connectivity index (χ0) is 16.3. The number of ether oxygens (including phenoxy) is 1. The lowest BCUT2D eigenvalue weighted by Crippen LogP contribution is -2.59. The van der Waals surface area contributed by atoms with Crippen molar-refractivity contribution in [1.29, 1.82) is 0 Å². The van der Waals surface area contributed by atoms with Crippen molar-refractivity contribution >= 4 is 11.7 Å². The molecular weight excluding hydrogens is 298 g/mol. The normalized spacial score (nSPS) is 31.7. The Morgan fingerprint density at radius 2 is 1.95 bits per heavy atom. The van der Waals surface area contributed by atoms with Gasteiger partial charge in [-0.05, 0) is 18.2 Å². The van der Waals surface area contributed by atoms with E-state index in [0.717, 1.165) is 0 Å². The van der Waals surface area contributed by atoms with Gasteiger partial charge in [-0.1, -0.05) is 6.07 Å². The molecule has 1 fully saturated rings. The molecule has 2 rings (SSSR count). The van der Waals surface area contributed by atoms with Gasteiger partial charge in [0.05, 0.1) is 17.9 Å². The summed E-state index contributed by atoms with van der Waals surface area (Å²) in [5, 5.41) is 46.9. The molecule has 0 radical (unpaired) electrons. The Morgan fingerprint density at radius 1 is 1.23 bits per heavy atom. The number of benzene rings is 1. The van der Waals surface area contributed by atoms with E-state index in [1.807, 2.05) is 0 Å². The van der Waals surface area contributed by atoms with Crippen molar-refractivity contribution in [2.75, 3.05) is 12.1 Å². The number of hydrogen-bond donors (Lipinski definition) is 6. The number of carboxylic acids is 1. The average molecular weight is 315 g/mol. The third-order valence-electron chi connectivity index (χ3n) is 3.25. The number of carboxylic acid groups (broad SMARTS) is 1. The molecular formula is C13H17NO8. The number of anilines is 1. The zero-order valence-electron chi connectivity index (χ0n) is 11.4. The molecule has 9 heteroatoms. The van der Waals surface area contributed by atoms with Gasteiger partial charge in [-0.3, -0.25) is 5.48 Å². The van der Waals surface area contributed by atoms with Crippen molar-refractivity contribution in [3.8, 4) is 0 Å². The number of aliphatic hydroxyl groups is 4. The molecule has 1 aromatic rings. The van der Waals surface area contributed by atoms with Crippen molar-refractivity contribution < 1.29 is 39.9 Å². The summed E-state index contributed by atoms with van der Waals surface area (Å²) in [7, 11) is 0. The number of aliphatic hydroxyl groups excluding tert-OH is 4. The Morgan fingerprint density at radius 3 is 2.59 bits per heavy atom. The summed E-state index contributed by atoms with van der Waals surface area (Å²) in [6.07, 6.45) is -7.02. The molecule has 22 heavy (non-hydrogen) atoms. The van der Waals surface area contributed by atoms with Crippen LogP contribution in [0.5, 0.6) is 0 Å². The van der Waals surface area contributed by atoms with E-state index in [-0.39, 0.29) is 11.3 Å².